The molecule has 0 spiro atoms. The molecule has 1 saturated heterocycles. The van der Waals surface area contributed by atoms with Gasteiger partial charge in [0.05, 0.1) is 7.11 Å². The molecule has 2 atom stereocenters. The van der Waals surface area contributed by atoms with E-state index in [1.165, 1.54) is 7.11 Å². The van der Waals surface area contributed by atoms with Crippen LogP contribution in [0.4, 0.5) is 4.79 Å². The van der Waals surface area contributed by atoms with Crippen molar-refractivity contribution in [1.82, 2.24) is 10.2 Å². The molecule has 1 fully saturated rings. The standard InChI is InChI=1S/C13H26N2O3/c1-10(2)15-8-11(5-4-6-16)7-12(9-15)14-13(17)18-3/h10-12,16H,4-9H2,1-3H3,(H,14,17). The Kier molecular flexibility index (Phi) is 6.43. The van der Waals surface area contributed by atoms with Crippen LogP contribution in [0.5, 0.6) is 0 Å². The molecule has 5 nitrogen and oxygen atoms in total. The molecule has 0 aromatic carbocycles. The Morgan fingerprint density at radius 2 is 2.22 bits per heavy atom. The molecule has 5 heteroatoms. The molecule has 106 valence electrons. The van der Waals surface area contributed by atoms with Crippen LogP contribution in [0.25, 0.3) is 0 Å². The van der Waals surface area contributed by atoms with Gasteiger partial charge in [-0.3, -0.25) is 4.90 Å². The number of piperidine rings is 1. The van der Waals surface area contributed by atoms with Crippen molar-refractivity contribution in [2.75, 3.05) is 26.8 Å². The highest BCUT2D eigenvalue weighted by atomic mass is 16.5. The molecule has 2 unspecified atom stereocenters. The lowest BCUT2D eigenvalue weighted by Crippen LogP contribution is -2.52. The number of carbonyl (C=O) groups excluding carboxylic acids is 1. The lowest BCUT2D eigenvalue weighted by Gasteiger charge is -2.40. The summed E-state index contributed by atoms with van der Waals surface area (Å²) in [5.74, 6) is 0.537. The van der Waals surface area contributed by atoms with Gasteiger partial charge in [-0.05, 0) is 39.0 Å². The third-order valence-corrected chi connectivity index (χ3v) is 3.57. The molecule has 0 aromatic heterocycles. The van der Waals surface area contributed by atoms with Crippen molar-refractivity contribution in [3.8, 4) is 0 Å². The predicted molar refractivity (Wildman–Crippen MR) is 70.5 cm³/mol. The smallest absolute Gasteiger partial charge is 0.407 e. The number of carbonyl (C=O) groups is 1. The molecule has 2 N–H and O–H groups in total. The number of amides is 1. The van der Waals surface area contributed by atoms with Gasteiger partial charge in [0, 0.05) is 31.8 Å². The van der Waals surface area contributed by atoms with Crippen LogP contribution in [0, 0.1) is 5.92 Å². The molecule has 1 aliphatic rings. The van der Waals surface area contributed by atoms with Crippen LogP contribution in [-0.2, 0) is 4.74 Å². The van der Waals surface area contributed by atoms with Crippen LogP contribution < -0.4 is 5.32 Å². The molecular formula is C13H26N2O3. The number of methoxy groups -OCH3 is 1. The zero-order chi connectivity index (χ0) is 13.5. The van der Waals surface area contributed by atoms with E-state index in [2.05, 4.69) is 28.8 Å². The molecule has 0 saturated carbocycles. The van der Waals surface area contributed by atoms with Gasteiger partial charge in [-0.2, -0.15) is 0 Å². The maximum Gasteiger partial charge on any atom is 0.407 e. The highest BCUT2D eigenvalue weighted by Gasteiger charge is 2.29. The monoisotopic (exact) mass is 258 g/mol. The molecule has 1 aliphatic heterocycles. The van der Waals surface area contributed by atoms with Crippen LogP contribution in [0.2, 0.25) is 0 Å². The highest BCUT2D eigenvalue weighted by molar-refractivity contribution is 5.67. The van der Waals surface area contributed by atoms with E-state index in [9.17, 15) is 4.79 Å². The first-order valence-electron chi connectivity index (χ1n) is 6.76. The Morgan fingerprint density at radius 3 is 2.78 bits per heavy atom. The molecule has 1 amide bonds. The fraction of sp³-hybridized carbons (Fsp3) is 0.923. The van der Waals surface area contributed by atoms with Gasteiger partial charge in [-0.25, -0.2) is 4.79 Å². The van der Waals surface area contributed by atoms with Gasteiger partial charge in [-0.15, -0.1) is 0 Å². The molecule has 0 radical (unpaired) electrons. The van der Waals surface area contributed by atoms with Gasteiger partial charge in [0.1, 0.15) is 0 Å². The molecule has 1 heterocycles. The summed E-state index contributed by atoms with van der Waals surface area (Å²) < 4.78 is 4.66. The number of likely N-dealkylation sites (tertiary alicyclic amines) is 1. The third kappa shape index (κ3) is 4.82. The number of alkyl carbamates (subject to hydrolysis) is 1. The van der Waals surface area contributed by atoms with Crippen molar-refractivity contribution in [2.24, 2.45) is 5.92 Å². The van der Waals surface area contributed by atoms with Crippen molar-refractivity contribution < 1.29 is 14.6 Å². The number of aliphatic hydroxyl groups excluding tert-OH is 1. The first kappa shape index (κ1) is 15.2. The maximum atomic E-state index is 11.3. The van der Waals surface area contributed by atoms with E-state index in [-0.39, 0.29) is 18.7 Å². The van der Waals surface area contributed by atoms with E-state index >= 15 is 0 Å². The van der Waals surface area contributed by atoms with Gasteiger partial charge in [0.15, 0.2) is 0 Å². The Labute approximate surface area is 109 Å². The molecule has 0 aliphatic carbocycles. The predicted octanol–water partition coefficient (Wildman–Crippen LogP) is 1.21. The average molecular weight is 258 g/mol. The quantitative estimate of drug-likeness (QED) is 0.778. The normalized spacial score (nSPS) is 25.2. The van der Waals surface area contributed by atoms with E-state index < -0.39 is 0 Å². The molecule has 18 heavy (non-hydrogen) atoms. The van der Waals surface area contributed by atoms with E-state index in [4.69, 9.17) is 5.11 Å². The number of aliphatic hydroxyl groups is 1. The molecule has 1 rings (SSSR count). The van der Waals surface area contributed by atoms with Crippen molar-refractivity contribution in [3.63, 3.8) is 0 Å². The summed E-state index contributed by atoms with van der Waals surface area (Å²) >= 11 is 0. The van der Waals surface area contributed by atoms with E-state index in [1.807, 2.05) is 0 Å². The average Bonchev–Trinajstić information content (AvgIpc) is 2.35. The summed E-state index contributed by atoms with van der Waals surface area (Å²) in [6.07, 6.45) is 2.46. The van der Waals surface area contributed by atoms with E-state index in [1.54, 1.807) is 0 Å². The second kappa shape index (κ2) is 7.59. The summed E-state index contributed by atoms with van der Waals surface area (Å²) in [6, 6.07) is 0.626. The number of rotatable bonds is 5. The van der Waals surface area contributed by atoms with E-state index in [0.717, 1.165) is 32.4 Å². The third-order valence-electron chi connectivity index (χ3n) is 3.57. The summed E-state index contributed by atoms with van der Waals surface area (Å²) in [6.45, 7) is 6.51. The van der Waals surface area contributed by atoms with Crippen molar-refractivity contribution in [2.45, 2.75) is 45.2 Å². The van der Waals surface area contributed by atoms with Crippen LogP contribution in [0.15, 0.2) is 0 Å². The fourth-order valence-corrected chi connectivity index (χ4v) is 2.58. The zero-order valence-corrected chi connectivity index (χ0v) is 11.7. The minimum atomic E-state index is -0.355. The molecule has 0 bridgehead atoms. The number of nitrogens with one attached hydrogen (secondary N) is 1. The van der Waals surface area contributed by atoms with Gasteiger partial charge < -0.3 is 15.2 Å². The maximum absolute atomic E-state index is 11.3. The van der Waals surface area contributed by atoms with Crippen LogP contribution in [0.1, 0.15) is 33.1 Å². The minimum Gasteiger partial charge on any atom is -0.453 e. The van der Waals surface area contributed by atoms with Gasteiger partial charge in [0.2, 0.25) is 0 Å². The second-order valence-corrected chi connectivity index (χ2v) is 5.35. The number of nitrogens with zero attached hydrogens (tertiary/aromatic N) is 1. The number of hydrogen-bond acceptors (Lipinski definition) is 4. The second-order valence-electron chi connectivity index (χ2n) is 5.35. The largest absolute Gasteiger partial charge is 0.453 e. The molecular weight excluding hydrogens is 232 g/mol. The molecule has 0 aromatic rings. The minimum absolute atomic E-state index is 0.150. The Hall–Kier alpha value is -0.810. The van der Waals surface area contributed by atoms with Gasteiger partial charge in [-0.1, -0.05) is 0 Å². The SMILES string of the molecule is COC(=O)NC1CC(CCCO)CN(C(C)C)C1. The van der Waals surface area contributed by atoms with Crippen molar-refractivity contribution in [1.29, 1.82) is 0 Å². The van der Waals surface area contributed by atoms with Gasteiger partial charge in [0.25, 0.3) is 0 Å². The lowest BCUT2D eigenvalue weighted by molar-refractivity contribution is 0.0970. The topological polar surface area (TPSA) is 61.8 Å². The first-order valence-corrected chi connectivity index (χ1v) is 6.76. The van der Waals surface area contributed by atoms with Crippen molar-refractivity contribution in [3.05, 3.63) is 0 Å². The zero-order valence-electron chi connectivity index (χ0n) is 11.7. The summed E-state index contributed by atoms with van der Waals surface area (Å²) in [4.78, 5) is 13.7. The summed E-state index contributed by atoms with van der Waals surface area (Å²) in [5.41, 5.74) is 0. The fourth-order valence-electron chi connectivity index (χ4n) is 2.58. The van der Waals surface area contributed by atoms with Gasteiger partial charge >= 0.3 is 6.09 Å². The Balaban J connectivity index is 2.53. The number of ether oxygens (including phenoxy) is 1. The lowest BCUT2D eigenvalue weighted by atomic mass is 9.90. The Morgan fingerprint density at radius 1 is 1.50 bits per heavy atom. The first-order chi connectivity index (χ1) is 8.56. The van der Waals surface area contributed by atoms with Crippen LogP contribution in [0.3, 0.4) is 0 Å². The van der Waals surface area contributed by atoms with Crippen LogP contribution >= 0.6 is 0 Å². The summed E-state index contributed by atoms with van der Waals surface area (Å²) in [5, 5.41) is 11.8. The van der Waals surface area contributed by atoms with E-state index in [0.29, 0.717) is 12.0 Å². The highest BCUT2D eigenvalue weighted by Crippen LogP contribution is 2.22. The van der Waals surface area contributed by atoms with Crippen molar-refractivity contribution >= 4 is 6.09 Å². The summed E-state index contributed by atoms with van der Waals surface area (Å²) in [7, 11) is 1.39. The van der Waals surface area contributed by atoms with Crippen LogP contribution in [-0.4, -0.2) is 55.0 Å². The number of hydrogen-bond donors (Lipinski definition) is 2. The Bertz CT molecular complexity index is 259.